The van der Waals surface area contributed by atoms with E-state index < -0.39 is 0 Å². The highest BCUT2D eigenvalue weighted by Crippen LogP contribution is 2.32. The second-order valence-electron chi connectivity index (χ2n) is 4.20. The summed E-state index contributed by atoms with van der Waals surface area (Å²) in [5, 5.41) is 3.28. The van der Waals surface area contributed by atoms with Gasteiger partial charge in [0.25, 0.3) is 0 Å². The van der Waals surface area contributed by atoms with Crippen molar-refractivity contribution < 1.29 is 9.13 Å². The van der Waals surface area contributed by atoms with Gasteiger partial charge < -0.3 is 10.1 Å². The van der Waals surface area contributed by atoms with Crippen molar-refractivity contribution in [1.82, 2.24) is 0 Å². The Labute approximate surface area is 120 Å². The topological polar surface area (TPSA) is 21.3 Å². The summed E-state index contributed by atoms with van der Waals surface area (Å²) < 4.78 is 20.1. The second-order valence-corrected chi connectivity index (χ2v) is 5.06. The molecule has 0 heterocycles. The Balaban J connectivity index is 2.30. The molecule has 19 heavy (non-hydrogen) atoms. The van der Waals surface area contributed by atoms with Crippen molar-refractivity contribution in [2.75, 3.05) is 12.4 Å². The third kappa shape index (κ3) is 3.07. The van der Waals surface area contributed by atoms with Gasteiger partial charge in [-0.15, -0.1) is 0 Å². The lowest BCUT2D eigenvalue weighted by molar-refractivity contribution is 0.402. The molecule has 0 amide bonds. The lowest BCUT2D eigenvalue weighted by atomic mass is 10.1. The van der Waals surface area contributed by atoms with Gasteiger partial charge in [-0.1, -0.05) is 18.2 Å². The Morgan fingerprint density at radius 2 is 1.89 bits per heavy atom. The highest BCUT2D eigenvalue weighted by molar-refractivity contribution is 9.10. The van der Waals surface area contributed by atoms with Crippen LogP contribution in [0.25, 0.3) is 0 Å². The van der Waals surface area contributed by atoms with Crippen LogP contribution in [0.5, 0.6) is 5.75 Å². The van der Waals surface area contributed by atoms with E-state index in [0.717, 1.165) is 10.2 Å². The van der Waals surface area contributed by atoms with E-state index in [9.17, 15) is 4.39 Å². The number of methoxy groups -OCH3 is 1. The van der Waals surface area contributed by atoms with Crippen LogP contribution in [0.15, 0.2) is 46.9 Å². The van der Waals surface area contributed by atoms with Crippen LogP contribution in [0.1, 0.15) is 18.5 Å². The first kappa shape index (κ1) is 13.9. The predicted molar refractivity (Wildman–Crippen MR) is 79.1 cm³/mol. The van der Waals surface area contributed by atoms with Crippen molar-refractivity contribution in [3.05, 3.63) is 58.3 Å². The molecule has 0 aliphatic heterocycles. The van der Waals surface area contributed by atoms with E-state index in [-0.39, 0.29) is 11.9 Å². The summed E-state index contributed by atoms with van der Waals surface area (Å²) in [7, 11) is 1.55. The lowest BCUT2D eigenvalue weighted by Gasteiger charge is -2.19. The standard InChI is InChI=1S/C15H15BrFNO/c1-10(18-13-8-4-3-6-11(13)16)15-12(17)7-5-9-14(15)19-2/h3-10,18H,1-2H3. The summed E-state index contributed by atoms with van der Waals surface area (Å²) in [6.07, 6.45) is 0. The van der Waals surface area contributed by atoms with E-state index in [1.165, 1.54) is 6.07 Å². The number of para-hydroxylation sites is 1. The first-order chi connectivity index (χ1) is 9.13. The molecule has 2 aromatic rings. The summed E-state index contributed by atoms with van der Waals surface area (Å²) in [4.78, 5) is 0. The molecule has 0 aliphatic rings. The zero-order valence-corrected chi connectivity index (χ0v) is 12.4. The maximum Gasteiger partial charge on any atom is 0.132 e. The summed E-state index contributed by atoms with van der Waals surface area (Å²) in [6.45, 7) is 1.90. The summed E-state index contributed by atoms with van der Waals surface area (Å²) in [5.41, 5.74) is 1.45. The Kier molecular flexibility index (Phi) is 4.43. The highest BCUT2D eigenvalue weighted by atomic mass is 79.9. The minimum absolute atomic E-state index is 0.199. The third-order valence-electron chi connectivity index (χ3n) is 2.91. The fourth-order valence-electron chi connectivity index (χ4n) is 2.00. The van der Waals surface area contributed by atoms with Gasteiger partial charge in [0.15, 0.2) is 0 Å². The van der Waals surface area contributed by atoms with Gasteiger partial charge in [-0.3, -0.25) is 0 Å². The number of ether oxygens (including phenoxy) is 1. The summed E-state index contributed by atoms with van der Waals surface area (Å²) >= 11 is 3.46. The van der Waals surface area contributed by atoms with Gasteiger partial charge in [0.1, 0.15) is 11.6 Å². The van der Waals surface area contributed by atoms with Crippen molar-refractivity contribution in [3.8, 4) is 5.75 Å². The van der Waals surface area contributed by atoms with Gasteiger partial charge in [-0.25, -0.2) is 4.39 Å². The van der Waals surface area contributed by atoms with Crippen LogP contribution >= 0.6 is 15.9 Å². The number of hydrogen-bond acceptors (Lipinski definition) is 2. The van der Waals surface area contributed by atoms with Crippen LogP contribution < -0.4 is 10.1 Å². The van der Waals surface area contributed by atoms with Crippen LogP contribution in [0.2, 0.25) is 0 Å². The van der Waals surface area contributed by atoms with Crippen LogP contribution in [-0.4, -0.2) is 7.11 Å². The third-order valence-corrected chi connectivity index (χ3v) is 3.60. The summed E-state index contributed by atoms with van der Waals surface area (Å²) in [6, 6.07) is 12.4. The Hall–Kier alpha value is -1.55. The highest BCUT2D eigenvalue weighted by Gasteiger charge is 2.16. The molecule has 0 bridgehead atoms. The van der Waals surface area contributed by atoms with Crippen molar-refractivity contribution in [1.29, 1.82) is 0 Å². The first-order valence-corrected chi connectivity index (χ1v) is 6.76. The Bertz CT molecular complexity index is 574. The van der Waals surface area contributed by atoms with E-state index in [1.54, 1.807) is 19.2 Å². The molecule has 0 fully saturated rings. The van der Waals surface area contributed by atoms with Gasteiger partial charge in [-0.2, -0.15) is 0 Å². The monoisotopic (exact) mass is 323 g/mol. The number of halogens is 2. The Morgan fingerprint density at radius 1 is 1.16 bits per heavy atom. The van der Waals surface area contributed by atoms with Crippen LogP contribution in [-0.2, 0) is 0 Å². The van der Waals surface area contributed by atoms with Crippen LogP contribution in [0.3, 0.4) is 0 Å². The molecule has 1 unspecified atom stereocenters. The van der Waals surface area contributed by atoms with E-state index >= 15 is 0 Å². The molecule has 0 saturated heterocycles. The quantitative estimate of drug-likeness (QED) is 0.875. The molecule has 4 heteroatoms. The summed E-state index contributed by atoms with van der Waals surface area (Å²) in [5.74, 6) is 0.276. The predicted octanol–water partition coefficient (Wildman–Crippen LogP) is 4.77. The molecule has 100 valence electrons. The van der Waals surface area contributed by atoms with Crippen molar-refractivity contribution in [2.24, 2.45) is 0 Å². The maximum atomic E-state index is 14.0. The average molecular weight is 324 g/mol. The molecule has 2 rings (SSSR count). The number of rotatable bonds is 4. The van der Waals surface area contributed by atoms with Crippen LogP contribution in [0, 0.1) is 5.82 Å². The number of anilines is 1. The van der Waals surface area contributed by atoms with Crippen molar-refractivity contribution in [2.45, 2.75) is 13.0 Å². The zero-order chi connectivity index (χ0) is 13.8. The SMILES string of the molecule is COc1cccc(F)c1C(C)Nc1ccccc1Br. The lowest BCUT2D eigenvalue weighted by Crippen LogP contribution is -2.10. The largest absolute Gasteiger partial charge is 0.496 e. The minimum atomic E-state index is -0.272. The minimum Gasteiger partial charge on any atom is -0.496 e. The fraction of sp³-hybridized carbons (Fsp3) is 0.200. The smallest absolute Gasteiger partial charge is 0.132 e. The molecule has 0 aromatic heterocycles. The zero-order valence-electron chi connectivity index (χ0n) is 10.8. The van der Waals surface area contributed by atoms with Crippen LogP contribution in [0.4, 0.5) is 10.1 Å². The van der Waals surface area contributed by atoms with Crippen molar-refractivity contribution >= 4 is 21.6 Å². The van der Waals surface area contributed by atoms with Gasteiger partial charge in [0, 0.05) is 10.2 Å². The molecule has 0 aliphatic carbocycles. The van der Waals surface area contributed by atoms with Crippen molar-refractivity contribution in [3.63, 3.8) is 0 Å². The molecule has 1 atom stereocenters. The second kappa shape index (κ2) is 6.06. The normalized spacial score (nSPS) is 12.0. The van der Waals surface area contributed by atoms with Gasteiger partial charge in [-0.05, 0) is 47.1 Å². The number of benzene rings is 2. The molecule has 0 spiro atoms. The molecular weight excluding hydrogens is 309 g/mol. The van der Waals surface area contributed by atoms with Gasteiger partial charge in [0.05, 0.1) is 18.7 Å². The number of nitrogens with one attached hydrogen (secondary N) is 1. The maximum absolute atomic E-state index is 14.0. The van der Waals surface area contributed by atoms with Gasteiger partial charge in [0.2, 0.25) is 0 Å². The first-order valence-electron chi connectivity index (χ1n) is 5.97. The van der Waals surface area contributed by atoms with E-state index in [0.29, 0.717) is 11.3 Å². The number of hydrogen-bond donors (Lipinski definition) is 1. The fourth-order valence-corrected chi connectivity index (χ4v) is 2.40. The van der Waals surface area contributed by atoms with Gasteiger partial charge >= 0.3 is 0 Å². The molecular formula is C15H15BrFNO. The molecule has 2 aromatic carbocycles. The Morgan fingerprint density at radius 3 is 2.58 bits per heavy atom. The average Bonchev–Trinajstić information content (AvgIpc) is 2.40. The molecule has 0 radical (unpaired) electrons. The molecule has 2 nitrogen and oxygen atoms in total. The van der Waals surface area contributed by atoms with E-state index in [2.05, 4.69) is 21.2 Å². The molecule has 1 N–H and O–H groups in total. The van der Waals surface area contributed by atoms with E-state index in [4.69, 9.17) is 4.74 Å². The molecule has 0 saturated carbocycles. The van der Waals surface area contributed by atoms with E-state index in [1.807, 2.05) is 31.2 Å².